The first-order chi connectivity index (χ1) is 9.24. The molecule has 0 saturated heterocycles. The third-order valence-electron chi connectivity index (χ3n) is 2.99. The smallest absolute Gasteiger partial charge is 0.119 e. The van der Waals surface area contributed by atoms with E-state index < -0.39 is 0 Å². The fourth-order valence-corrected chi connectivity index (χ4v) is 1.80. The van der Waals surface area contributed by atoms with E-state index in [9.17, 15) is 0 Å². The number of anilines is 1. The second-order valence-electron chi connectivity index (χ2n) is 4.81. The van der Waals surface area contributed by atoms with Gasteiger partial charge >= 0.3 is 0 Å². The Kier molecular flexibility index (Phi) is 4.85. The van der Waals surface area contributed by atoms with Crippen LogP contribution in [0.25, 0.3) is 0 Å². The minimum atomic E-state index is 0.738. The van der Waals surface area contributed by atoms with Crippen molar-refractivity contribution in [1.29, 1.82) is 0 Å². The average Bonchev–Trinajstić information content (AvgIpc) is 2.43. The summed E-state index contributed by atoms with van der Waals surface area (Å²) < 4.78 is 5.68. The van der Waals surface area contributed by atoms with Crippen LogP contribution in [0.4, 0.5) is 5.69 Å². The molecule has 0 aliphatic heterocycles. The number of benzene rings is 2. The molecule has 0 unspecified atom stereocenters. The Bertz CT molecular complexity index is 440. The second kappa shape index (κ2) is 6.83. The maximum Gasteiger partial charge on any atom is 0.119 e. The Hall–Kier alpha value is -1.96. The number of ether oxygens (including phenoxy) is 1. The van der Waals surface area contributed by atoms with Crippen LogP contribution >= 0.6 is 0 Å². The maximum atomic E-state index is 5.68. The quantitative estimate of drug-likeness (QED) is 0.782. The van der Waals surface area contributed by atoms with Gasteiger partial charge in [-0.2, -0.15) is 0 Å². The zero-order chi connectivity index (χ0) is 13.5. The van der Waals surface area contributed by atoms with E-state index in [1.807, 2.05) is 12.1 Å². The summed E-state index contributed by atoms with van der Waals surface area (Å²) in [5, 5.41) is 3.39. The van der Waals surface area contributed by atoms with Gasteiger partial charge in [0.05, 0.1) is 6.61 Å². The van der Waals surface area contributed by atoms with Crippen LogP contribution in [0.1, 0.15) is 17.5 Å². The molecular formula is C17H21NO. The Morgan fingerprint density at radius 1 is 0.842 bits per heavy atom. The van der Waals surface area contributed by atoms with Crippen molar-refractivity contribution in [3.05, 3.63) is 59.7 Å². The normalized spacial score (nSPS) is 10.2. The Morgan fingerprint density at radius 3 is 2.05 bits per heavy atom. The van der Waals surface area contributed by atoms with Gasteiger partial charge in [-0.1, -0.05) is 35.4 Å². The molecule has 0 aliphatic rings. The molecule has 19 heavy (non-hydrogen) atoms. The van der Waals surface area contributed by atoms with E-state index in [-0.39, 0.29) is 0 Å². The standard InChI is InChI=1S/C17H21NO/c1-14-4-8-16(9-5-14)18-12-3-13-19-17-10-6-15(2)7-11-17/h4-11,18H,3,12-13H2,1-2H3. The fraction of sp³-hybridized carbons (Fsp3) is 0.294. The molecule has 2 nitrogen and oxygen atoms in total. The lowest BCUT2D eigenvalue weighted by molar-refractivity contribution is 0.315. The Balaban J connectivity index is 1.64. The first-order valence-corrected chi connectivity index (χ1v) is 6.74. The number of hydrogen-bond donors (Lipinski definition) is 1. The van der Waals surface area contributed by atoms with E-state index in [1.165, 1.54) is 16.8 Å². The van der Waals surface area contributed by atoms with Crippen molar-refractivity contribution < 1.29 is 4.74 Å². The van der Waals surface area contributed by atoms with Crippen LogP contribution in [-0.4, -0.2) is 13.2 Å². The van der Waals surface area contributed by atoms with Crippen LogP contribution in [0.3, 0.4) is 0 Å². The largest absolute Gasteiger partial charge is 0.494 e. The van der Waals surface area contributed by atoms with Crippen LogP contribution in [0.15, 0.2) is 48.5 Å². The highest BCUT2D eigenvalue weighted by Gasteiger charge is 1.94. The summed E-state index contributed by atoms with van der Waals surface area (Å²) in [6.45, 7) is 5.84. The molecule has 0 saturated carbocycles. The number of nitrogens with one attached hydrogen (secondary N) is 1. The van der Waals surface area contributed by atoms with Gasteiger partial charge in [-0.15, -0.1) is 0 Å². The number of hydrogen-bond acceptors (Lipinski definition) is 2. The molecule has 2 heteroatoms. The highest BCUT2D eigenvalue weighted by molar-refractivity contribution is 5.44. The molecule has 0 spiro atoms. The van der Waals surface area contributed by atoms with Crippen LogP contribution in [0, 0.1) is 13.8 Å². The second-order valence-corrected chi connectivity index (χ2v) is 4.81. The zero-order valence-electron chi connectivity index (χ0n) is 11.6. The predicted molar refractivity (Wildman–Crippen MR) is 81.0 cm³/mol. The molecule has 0 heterocycles. The summed E-state index contributed by atoms with van der Waals surface area (Å²) in [7, 11) is 0. The molecule has 0 fully saturated rings. The molecule has 2 aromatic rings. The van der Waals surface area contributed by atoms with E-state index in [4.69, 9.17) is 4.74 Å². The van der Waals surface area contributed by atoms with Crippen LogP contribution in [0.2, 0.25) is 0 Å². The van der Waals surface area contributed by atoms with Crippen molar-refractivity contribution in [3.63, 3.8) is 0 Å². The molecule has 2 rings (SSSR count). The van der Waals surface area contributed by atoms with Crippen molar-refractivity contribution in [2.24, 2.45) is 0 Å². The molecule has 0 aliphatic carbocycles. The molecule has 2 aromatic carbocycles. The monoisotopic (exact) mass is 255 g/mol. The number of aryl methyl sites for hydroxylation is 2. The zero-order valence-corrected chi connectivity index (χ0v) is 11.6. The van der Waals surface area contributed by atoms with Crippen LogP contribution in [-0.2, 0) is 0 Å². The first kappa shape index (κ1) is 13.5. The average molecular weight is 255 g/mol. The Morgan fingerprint density at radius 2 is 1.42 bits per heavy atom. The third kappa shape index (κ3) is 4.66. The summed E-state index contributed by atoms with van der Waals surface area (Å²) in [4.78, 5) is 0. The summed E-state index contributed by atoms with van der Waals surface area (Å²) in [6.07, 6.45) is 0.988. The predicted octanol–water partition coefficient (Wildman–Crippen LogP) is 4.18. The Labute approximate surface area is 115 Å². The van der Waals surface area contributed by atoms with Crippen molar-refractivity contribution in [3.8, 4) is 5.75 Å². The molecule has 0 bridgehead atoms. The van der Waals surface area contributed by atoms with Gasteiger partial charge < -0.3 is 10.1 Å². The summed E-state index contributed by atoms with van der Waals surface area (Å²) in [5.74, 6) is 0.945. The lowest BCUT2D eigenvalue weighted by Crippen LogP contribution is -2.07. The van der Waals surface area contributed by atoms with Gasteiger partial charge in [0.25, 0.3) is 0 Å². The van der Waals surface area contributed by atoms with Crippen LogP contribution in [0.5, 0.6) is 5.75 Å². The van der Waals surface area contributed by atoms with E-state index >= 15 is 0 Å². The van der Waals surface area contributed by atoms with E-state index in [0.717, 1.165) is 25.3 Å². The molecule has 1 N–H and O–H groups in total. The van der Waals surface area contributed by atoms with Gasteiger partial charge in [0, 0.05) is 12.2 Å². The third-order valence-corrected chi connectivity index (χ3v) is 2.99. The molecule has 0 atom stereocenters. The SMILES string of the molecule is Cc1ccc(NCCCOc2ccc(C)cc2)cc1. The fourth-order valence-electron chi connectivity index (χ4n) is 1.80. The summed E-state index contributed by atoms with van der Waals surface area (Å²) in [6, 6.07) is 16.6. The van der Waals surface area contributed by atoms with E-state index in [0.29, 0.717) is 0 Å². The van der Waals surface area contributed by atoms with Crippen molar-refractivity contribution in [2.75, 3.05) is 18.5 Å². The van der Waals surface area contributed by atoms with Crippen molar-refractivity contribution in [2.45, 2.75) is 20.3 Å². The van der Waals surface area contributed by atoms with Crippen molar-refractivity contribution >= 4 is 5.69 Å². The highest BCUT2D eigenvalue weighted by Crippen LogP contribution is 2.12. The minimum Gasteiger partial charge on any atom is -0.494 e. The lowest BCUT2D eigenvalue weighted by atomic mass is 10.2. The lowest BCUT2D eigenvalue weighted by Gasteiger charge is -2.08. The molecular weight excluding hydrogens is 234 g/mol. The maximum absolute atomic E-state index is 5.68. The van der Waals surface area contributed by atoms with Crippen LogP contribution < -0.4 is 10.1 Å². The molecule has 0 radical (unpaired) electrons. The van der Waals surface area contributed by atoms with Gasteiger partial charge in [0.15, 0.2) is 0 Å². The molecule has 0 amide bonds. The van der Waals surface area contributed by atoms with Gasteiger partial charge in [0.1, 0.15) is 5.75 Å². The van der Waals surface area contributed by atoms with E-state index in [2.05, 4.69) is 55.6 Å². The van der Waals surface area contributed by atoms with Gasteiger partial charge in [0.2, 0.25) is 0 Å². The van der Waals surface area contributed by atoms with Crippen molar-refractivity contribution in [1.82, 2.24) is 0 Å². The highest BCUT2D eigenvalue weighted by atomic mass is 16.5. The number of rotatable bonds is 6. The first-order valence-electron chi connectivity index (χ1n) is 6.74. The molecule has 100 valence electrons. The van der Waals surface area contributed by atoms with Gasteiger partial charge in [-0.05, 0) is 44.5 Å². The summed E-state index contributed by atoms with van der Waals surface area (Å²) in [5.41, 5.74) is 3.71. The van der Waals surface area contributed by atoms with Gasteiger partial charge in [-0.25, -0.2) is 0 Å². The summed E-state index contributed by atoms with van der Waals surface area (Å²) >= 11 is 0. The molecule has 0 aromatic heterocycles. The minimum absolute atomic E-state index is 0.738. The van der Waals surface area contributed by atoms with E-state index in [1.54, 1.807) is 0 Å². The van der Waals surface area contributed by atoms with Gasteiger partial charge in [-0.3, -0.25) is 0 Å². The topological polar surface area (TPSA) is 21.3 Å².